The van der Waals surface area contributed by atoms with Crippen LogP contribution < -0.4 is 15.0 Å². The van der Waals surface area contributed by atoms with E-state index in [0.717, 1.165) is 22.5 Å². The molecule has 0 saturated carbocycles. The van der Waals surface area contributed by atoms with Crippen molar-refractivity contribution in [2.45, 2.75) is 26.4 Å². The molecule has 1 atom stereocenters. The third-order valence-corrected chi connectivity index (χ3v) is 6.38. The van der Waals surface area contributed by atoms with E-state index in [1.54, 1.807) is 19.2 Å². The smallest absolute Gasteiger partial charge is 0.243 e. The number of hydrogen-bond acceptors (Lipinski definition) is 5. The van der Waals surface area contributed by atoms with E-state index in [2.05, 4.69) is 17.4 Å². The lowest BCUT2D eigenvalue weighted by atomic mass is 10.1. The molecular formula is C27H26FN3O2S. The third kappa shape index (κ3) is 5.26. The van der Waals surface area contributed by atoms with Gasteiger partial charge in [-0.3, -0.25) is 4.79 Å². The second kappa shape index (κ2) is 10.5. The number of nitrogens with zero attached hydrogens (tertiary/aromatic N) is 2. The molecular weight excluding hydrogens is 449 g/mol. The number of aryl methyl sites for hydroxylation is 1. The lowest BCUT2D eigenvalue weighted by molar-refractivity contribution is -0.122. The zero-order valence-corrected chi connectivity index (χ0v) is 20.1. The number of thiazole rings is 1. The van der Waals surface area contributed by atoms with Gasteiger partial charge in [-0.1, -0.05) is 54.1 Å². The van der Waals surface area contributed by atoms with E-state index in [9.17, 15) is 9.18 Å². The number of rotatable bonds is 8. The van der Waals surface area contributed by atoms with Crippen molar-refractivity contribution in [2.75, 3.05) is 12.0 Å². The van der Waals surface area contributed by atoms with Gasteiger partial charge in [0.1, 0.15) is 17.6 Å². The van der Waals surface area contributed by atoms with E-state index in [1.807, 2.05) is 60.5 Å². The Hall–Kier alpha value is -3.71. The summed E-state index contributed by atoms with van der Waals surface area (Å²) in [6.45, 7) is 4.18. The summed E-state index contributed by atoms with van der Waals surface area (Å²) in [6, 6.07) is 21.3. The minimum atomic E-state index is -0.575. The SMILES string of the molecule is COc1ccccc1N(c1nc(-c2ccc(C)cc2)cs1)[C@H](C)C(=O)NCc1ccc(F)cc1. The average molecular weight is 476 g/mol. The first-order valence-electron chi connectivity index (χ1n) is 10.9. The average Bonchev–Trinajstić information content (AvgIpc) is 3.34. The van der Waals surface area contributed by atoms with Gasteiger partial charge in [0, 0.05) is 17.5 Å². The maximum absolute atomic E-state index is 13.2. The van der Waals surface area contributed by atoms with E-state index in [4.69, 9.17) is 9.72 Å². The van der Waals surface area contributed by atoms with Crippen LogP contribution in [-0.2, 0) is 11.3 Å². The number of carbonyl (C=O) groups is 1. The van der Waals surface area contributed by atoms with Crippen LogP contribution in [0.5, 0.6) is 5.75 Å². The topological polar surface area (TPSA) is 54.5 Å². The molecule has 3 aromatic carbocycles. The molecule has 1 aromatic heterocycles. The second-order valence-electron chi connectivity index (χ2n) is 7.94. The van der Waals surface area contributed by atoms with Crippen LogP contribution in [0, 0.1) is 12.7 Å². The molecule has 1 heterocycles. The molecule has 174 valence electrons. The Morgan fingerprint density at radius 2 is 1.79 bits per heavy atom. The number of halogens is 1. The van der Waals surface area contributed by atoms with Crippen LogP contribution in [0.15, 0.2) is 78.2 Å². The Balaban J connectivity index is 1.64. The molecule has 0 aliphatic heterocycles. The summed E-state index contributed by atoms with van der Waals surface area (Å²) >= 11 is 1.47. The molecule has 0 aliphatic rings. The molecule has 0 radical (unpaired) electrons. The minimum Gasteiger partial charge on any atom is -0.495 e. The van der Waals surface area contributed by atoms with Gasteiger partial charge in [0.05, 0.1) is 18.5 Å². The third-order valence-electron chi connectivity index (χ3n) is 5.54. The zero-order valence-electron chi connectivity index (χ0n) is 19.3. The van der Waals surface area contributed by atoms with Crippen molar-refractivity contribution in [3.8, 4) is 17.0 Å². The summed E-state index contributed by atoms with van der Waals surface area (Å²) in [6.07, 6.45) is 0. The highest BCUT2D eigenvalue weighted by atomic mass is 32.1. The van der Waals surface area contributed by atoms with E-state index < -0.39 is 6.04 Å². The highest BCUT2D eigenvalue weighted by Crippen LogP contribution is 2.38. The first-order chi connectivity index (χ1) is 16.5. The number of hydrogen-bond donors (Lipinski definition) is 1. The molecule has 5 nitrogen and oxygen atoms in total. The Kier molecular flexibility index (Phi) is 7.23. The maximum Gasteiger partial charge on any atom is 0.243 e. The van der Waals surface area contributed by atoms with Gasteiger partial charge in [0.15, 0.2) is 5.13 Å². The number of benzene rings is 3. The summed E-state index contributed by atoms with van der Waals surface area (Å²) in [4.78, 5) is 19.9. The normalized spacial score (nSPS) is 11.6. The van der Waals surface area contributed by atoms with Crippen molar-refractivity contribution in [1.29, 1.82) is 0 Å². The molecule has 0 aliphatic carbocycles. The van der Waals surface area contributed by atoms with Crippen LogP contribution >= 0.6 is 11.3 Å². The minimum absolute atomic E-state index is 0.178. The molecule has 0 saturated heterocycles. The summed E-state index contributed by atoms with van der Waals surface area (Å²) in [5.74, 6) is 0.161. The molecule has 1 amide bonds. The maximum atomic E-state index is 13.2. The van der Waals surface area contributed by atoms with Gasteiger partial charge in [-0.25, -0.2) is 9.37 Å². The van der Waals surface area contributed by atoms with Gasteiger partial charge in [-0.2, -0.15) is 0 Å². The van der Waals surface area contributed by atoms with Crippen molar-refractivity contribution >= 4 is 28.1 Å². The Morgan fingerprint density at radius 1 is 1.09 bits per heavy atom. The quantitative estimate of drug-likeness (QED) is 0.334. The van der Waals surface area contributed by atoms with Crippen molar-refractivity contribution in [1.82, 2.24) is 10.3 Å². The predicted octanol–water partition coefficient (Wildman–Crippen LogP) is 6.11. The van der Waals surface area contributed by atoms with Crippen LogP contribution in [-0.4, -0.2) is 24.0 Å². The molecule has 0 spiro atoms. The van der Waals surface area contributed by atoms with Crippen molar-refractivity contribution < 1.29 is 13.9 Å². The standard InChI is InChI=1S/C27H26FN3O2S/c1-18-8-12-21(13-9-18)23-17-34-27(30-23)31(24-6-4-5-7-25(24)33-3)19(2)26(32)29-16-20-10-14-22(28)15-11-20/h4-15,17,19H,16H2,1-3H3,(H,29,32)/t19-/m1/s1. The monoisotopic (exact) mass is 475 g/mol. The van der Waals surface area contributed by atoms with Crippen molar-refractivity contribution in [3.63, 3.8) is 0 Å². The number of carbonyl (C=O) groups excluding carboxylic acids is 1. The summed E-state index contributed by atoms with van der Waals surface area (Å²) in [5.41, 5.74) is 4.61. The molecule has 7 heteroatoms. The first kappa shape index (κ1) is 23.4. The van der Waals surface area contributed by atoms with Gasteiger partial charge in [0.25, 0.3) is 0 Å². The van der Waals surface area contributed by atoms with Crippen LogP contribution in [0.1, 0.15) is 18.1 Å². The highest BCUT2D eigenvalue weighted by molar-refractivity contribution is 7.14. The van der Waals surface area contributed by atoms with E-state index in [1.165, 1.54) is 29.0 Å². The van der Waals surface area contributed by atoms with Gasteiger partial charge in [0.2, 0.25) is 5.91 Å². The molecule has 4 rings (SSSR count). The number of para-hydroxylation sites is 2. The van der Waals surface area contributed by atoms with Gasteiger partial charge in [-0.15, -0.1) is 11.3 Å². The Morgan fingerprint density at radius 3 is 2.50 bits per heavy atom. The number of amides is 1. The van der Waals surface area contributed by atoms with Gasteiger partial charge in [-0.05, 0) is 43.7 Å². The molecule has 34 heavy (non-hydrogen) atoms. The number of anilines is 2. The number of ether oxygens (including phenoxy) is 1. The molecule has 4 aromatic rings. The molecule has 1 N–H and O–H groups in total. The van der Waals surface area contributed by atoms with E-state index >= 15 is 0 Å². The van der Waals surface area contributed by atoms with Crippen molar-refractivity contribution in [2.24, 2.45) is 0 Å². The van der Waals surface area contributed by atoms with Crippen LogP contribution in [0.4, 0.5) is 15.2 Å². The second-order valence-corrected chi connectivity index (χ2v) is 8.78. The molecule has 0 fully saturated rings. The van der Waals surface area contributed by atoms with E-state index in [-0.39, 0.29) is 11.7 Å². The fourth-order valence-electron chi connectivity index (χ4n) is 3.59. The fraction of sp³-hybridized carbons (Fsp3) is 0.185. The zero-order chi connectivity index (χ0) is 24.1. The number of nitrogens with one attached hydrogen (secondary N) is 1. The molecule has 0 unspecified atom stereocenters. The number of methoxy groups -OCH3 is 1. The highest BCUT2D eigenvalue weighted by Gasteiger charge is 2.28. The van der Waals surface area contributed by atoms with E-state index in [0.29, 0.717) is 17.4 Å². The largest absolute Gasteiger partial charge is 0.495 e. The number of aromatic nitrogens is 1. The summed E-state index contributed by atoms with van der Waals surface area (Å²) < 4.78 is 18.8. The van der Waals surface area contributed by atoms with Crippen LogP contribution in [0.3, 0.4) is 0 Å². The summed E-state index contributed by atoms with van der Waals surface area (Å²) in [5, 5.41) is 5.63. The van der Waals surface area contributed by atoms with Gasteiger partial charge >= 0.3 is 0 Å². The first-order valence-corrected chi connectivity index (χ1v) is 11.8. The fourth-order valence-corrected chi connectivity index (χ4v) is 4.52. The lowest BCUT2D eigenvalue weighted by Crippen LogP contribution is -2.42. The van der Waals surface area contributed by atoms with Gasteiger partial charge < -0.3 is 15.0 Å². The Labute approximate surface area is 202 Å². The summed E-state index contributed by atoms with van der Waals surface area (Å²) in [7, 11) is 1.61. The lowest BCUT2D eigenvalue weighted by Gasteiger charge is -2.29. The molecule has 0 bridgehead atoms. The Bertz CT molecular complexity index is 1260. The van der Waals surface area contributed by atoms with Crippen LogP contribution in [0.25, 0.3) is 11.3 Å². The van der Waals surface area contributed by atoms with Crippen LogP contribution in [0.2, 0.25) is 0 Å². The predicted molar refractivity (Wildman–Crippen MR) is 135 cm³/mol. The van der Waals surface area contributed by atoms with Crippen molar-refractivity contribution in [3.05, 3.63) is 95.1 Å².